The van der Waals surface area contributed by atoms with Gasteiger partial charge >= 0.3 is 0 Å². The number of aliphatic hydroxyl groups is 2. The second kappa shape index (κ2) is 5.58. The molecule has 3 N–H and O–H groups in total. The van der Waals surface area contributed by atoms with E-state index in [0.29, 0.717) is 6.42 Å². The standard InChI is InChI=1S/C13H19NO4S/c1-9-11(13(16)7-12(9)15)8-14-19(17,18)10-5-3-2-4-6-10/h2-6,9,11-16H,7-8H2,1H3. The molecule has 0 saturated heterocycles. The third-order valence-electron chi connectivity index (χ3n) is 3.82. The molecular weight excluding hydrogens is 266 g/mol. The van der Waals surface area contributed by atoms with E-state index in [1.165, 1.54) is 12.1 Å². The number of hydrogen-bond donors (Lipinski definition) is 3. The van der Waals surface area contributed by atoms with Crippen molar-refractivity contribution in [3.8, 4) is 0 Å². The van der Waals surface area contributed by atoms with Gasteiger partial charge in [-0.3, -0.25) is 0 Å². The fourth-order valence-corrected chi connectivity index (χ4v) is 3.58. The number of hydrogen-bond acceptors (Lipinski definition) is 4. The number of nitrogens with one attached hydrogen (secondary N) is 1. The van der Waals surface area contributed by atoms with Crippen LogP contribution in [-0.2, 0) is 10.0 Å². The summed E-state index contributed by atoms with van der Waals surface area (Å²) < 4.78 is 26.6. The Kier molecular flexibility index (Phi) is 4.25. The average molecular weight is 285 g/mol. The average Bonchev–Trinajstić information content (AvgIpc) is 2.62. The van der Waals surface area contributed by atoms with Crippen molar-refractivity contribution in [2.45, 2.75) is 30.4 Å². The first kappa shape index (κ1) is 14.5. The SMILES string of the molecule is CC1C(O)CC(O)C1CNS(=O)(=O)c1ccccc1. The van der Waals surface area contributed by atoms with Crippen LogP contribution in [0.1, 0.15) is 13.3 Å². The second-order valence-corrected chi connectivity index (χ2v) is 6.83. The van der Waals surface area contributed by atoms with Crippen LogP contribution in [0.3, 0.4) is 0 Å². The summed E-state index contributed by atoms with van der Waals surface area (Å²) in [5, 5.41) is 19.5. The fraction of sp³-hybridized carbons (Fsp3) is 0.538. The maximum Gasteiger partial charge on any atom is 0.240 e. The highest BCUT2D eigenvalue weighted by atomic mass is 32.2. The summed E-state index contributed by atoms with van der Waals surface area (Å²) in [5.41, 5.74) is 0. The number of sulfonamides is 1. The van der Waals surface area contributed by atoms with E-state index in [4.69, 9.17) is 0 Å². The van der Waals surface area contributed by atoms with Gasteiger partial charge in [-0.05, 0) is 24.5 Å². The lowest BCUT2D eigenvalue weighted by atomic mass is 9.96. The molecule has 2 rings (SSSR count). The molecule has 1 aromatic carbocycles. The molecule has 5 nitrogen and oxygen atoms in total. The van der Waals surface area contributed by atoms with Crippen molar-refractivity contribution < 1.29 is 18.6 Å². The molecule has 1 aliphatic rings. The molecule has 0 amide bonds. The highest BCUT2D eigenvalue weighted by Gasteiger charge is 2.39. The predicted octanol–water partition coefficient (Wildman–Crippen LogP) is 0.343. The van der Waals surface area contributed by atoms with Gasteiger partial charge in [0.1, 0.15) is 0 Å². The molecule has 4 unspecified atom stereocenters. The lowest BCUT2D eigenvalue weighted by Gasteiger charge is -2.20. The first-order chi connectivity index (χ1) is 8.92. The summed E-state index contributed by atoms with van der Waals surface area (Å²) in [6.45, 7) is 1.96. The zero-order valence-electron chi connectivity index (χ0n) is 10.7. The van der Waals surface area contributed by atoms with Crippen LogP contribution in [0, 0.1) is 11.8 Å². The maximum atomic E-state index is 12.0. The minimum atomic E-state index is -3.55. The van der Waals surface area contributed by atoms with E-state index in [2.05, 4.69) is 4.72 Å². The van der Waals surface area contributed by atoms with Crippen molar-refractivity contribution in [1.82, 2.24) is 4.72 Å². The lowest BCUT2D eigenvalue weighted by molar-refractivity contribution is 0.121. The van der Waals surface area contributed by atoms with Crippen molar-refractivity contribution in [2.75, 3.05) is 6.54 Å². The first-order valence-corrected chi connectivity index (χ1v) is 7.81. The molecular formula is C13H19NO4S. The largest absolute Gasteiger partial charge is 0.393 e. The highest BCUT2D eigenvalue weighted by molar-refractivity contribution is 7.89. The van der Waals surface area contributed by atoms with Crippen LogP contribution in [0.4, 0.5) is 0 Å². The van der Waals surface area contributed by atoms with Gasteiger partial charge in [-0.2, -0.15) is 0 Å². The van der Waals surface area contributed by atoms with Gasteiger partial charge in [0, 0.05) is 12.5 Å². The van der Waals surface area contributed by atoms with Crippen LogP contribution in [0.25, 0.3) is 0 Å². The molecule has 19 heavy (non-hydrogen) atoms. The van der Waals surface area contributed by atoms with Gasteiger partial charge < -0.3 is 10.2 Å². The fourth-order valence-electron chi connectivity index (χ4n) is 2.48. The van der Waals surface area contributed by atoms with E-state index in [9.17, 15) is 18.6 Å². The summed E-state index contributed by atoms with van der Waals surface area (Å²) in [5.74, 6) is -0.373. The topological polar surface area (TPSA) is 86.6 Å². The Balaban J connectivity index is 2.03. The Morgan fingerprint density at radius 1 is 1.21 bits per heavy atom. The smallest absolute Gasteiger partial charge is 0.240 e. The van der Waals surface area contributed by atoms with Crippen LogP contribution in [0.2, 0.25) is 0 Å². The van der Waals surface area contributed by atoms with E-state index in [-0.39, 0.29) is 23.3 Å². The molecule has 6 heteroatoms. The van der Waals surface area contributed by atoms with Crippen molar-refractivity contribution in [1.29, 1.82) is 0 Å². The van der Waals surface area contributed by atoms with Crippen molar-refractivity contribution in [3.05, 3.63) is 30.3 Å². The van der Waals surface area contributed by atoms with E-state index < -0.39 is 22.2 Å². The first-order valence-electron chi connectivity index (χ1n) is 6.32. The van der Waals surface area contributed by atoms with E-state index in [1.54, 1.807) is 18.2 Å². The molecule has 0 spiro atoms. The monoisotopic (exact) mass is 285 g/mol. The van der Waals surface area contributed by atoms with Gasteiger partial charge in [0.15, 0.2) is 0 Å². The summed E-state index contributed by atoms with van der Waals surface area (Å²) >= 11 is 0. The molecule has 1 fully saturated rings. The van der Waals surface area contributed by atoms with Crippen LogP contribution < -0.4 is 4.72 Å². The Morgan fingerprint density at radius 2 is 1.84 bits per heavy atom. The van der Waals surface area contributed by atoms with Crippen LogP contribution in [0.15, 0.2) is 35.2 Å². The van der Waals surface area contributed by atoms with E-state index >= 15 is 0 Å². The molecule has 1 aromatic rings. The second-order valence-electron chi connectivity index (χ2n) is 5.06. The minimum Gasteiger partial charge on any atom is -0.393 e. The zero-order chi connectivity index (χ0) is 14.0. The Hall–Kier alpha value is -0.950. The Morgan fingerprint density at radius 3 is 2.37 bits per heavy atom. The predicted molar refractivity (Wildman–Crippen MR) is 70.9 cm³/mol. The molecule has 1 saturated carbocycles. The molecule has 0 aliphatic heterocycles. The van der Waals surface area contributed by atoms with Crippen LogP contribution in [-0.4, -0.2) is 37.4 Å². The molecule has 4 atom stereocenters. The van der Waals surface area contributed by atoms with E-state index in [1.807, 2.05) is 6.92 Å². The van der Waals surface area contributed by atoms with Crippen molar-refractivity contribution >= 4 is 10.0 Å². The van der Waals surface area contributed by atoms with E-state index in [0.717, 1.165) is 0 Å². The number of rotatable bonds is 4. The van der Waals surface area contributed by atoms with Gasteiger partial charge in [-0.15, -0.1) is 0 Å². The summed E-state index contributed by atoms with van der Waals surface area (Å²) in [7, 11) is -3.55. The molecule has 0 bridgehead atoms. The number of benzene rings is 1. The third kappa shape index (κ3) is 3.14. The summed E-state index contributed by atoms with van der Waals surface area (Å²) in [6.07, 6.45) is -0.927. The van der Waals surface area contributed by atoms with Gasteiger partial charge in [0.25, 0.3) is 0 Å². The molecule has 0 heterocycles. The maximum absolute atomic E-state index is 12.0. The molecule has 1 aliphatic carbocycles. The Bertz CT molecular complexity index is 517. The molecule has 0 aromatic heterocycles. The Labute approximate surface area is 113 Å². The zero-order valence-corrected chi connectivity index (χ0v) is 11.5. The summed E-state index contributed by atoms with van der Waals surface area (Å²) in [6, 6.07) is 8.10. The third-order valence-corrected chi connectivity index (χ3v) is 5.26. The van der Waals surface area contributed by atoms with Gasteiger partial charge in [-0.1, -0.05) is 25.1 Å². The lowest BCUT2D eigenvalue weighted by Crippen LogP contribution is -2.35. The molecule has 106 valence electrons. The normalized spacial score (nSPS) is 31.5. The van der Waals surface area contributed by atoms with Crippen molar-refractivity contribution in [2.24, 2.45) is 11.8 Å². The van der Waals surface area contributed by atoms with Gasteiger partial charge in [0.05, 0.1) is 17.1 Å². The molecule has 0 radical (unpaired) electrons. The summed E-state index contributed by atoms with van der Waals surface area (Å²) in [4.78, 5) is 0.204. The number of aliphatic hydroxyl groups excluding tert-OH is 2. The van der Waals surface area contributed by atoms with Crippen LogP contribution >= 0.6 is 0 Å². The van der Waals surface area contributed by atoms with Gasteiger partial charge in [0.2, 0.25) is 10.0 Å². The van der Waals surface area contributed by atoms with Gasteiger partial charge in [-0.25, -0.2) is 13.1 Å². The highest BCUT2D eigenvalue weighted by Crippen LogP contribution is 2.31. The van der Waals surface area contributed by atoms with Crippen LogP contribution in [0.5, 0.6) is 0 Å². The minimum absolute atomic E-state index is 0.117. The van der Waals surface area contributed by atoms with Crippen molar-refractivity contribution in [3.63, 3.8) is 0 Å². The quantitative estimate of drug-likeness (QED) is 0.744.